The maximum absolute atomic E-state index is 12.3. The second kappa shape index (κ2) is 9.38. The maximum atomic E-state index is 12.3. The quantitative estimate of drug-likeness (QED) is 0.667. The van der Waals surface area contributed by atoms with E-state index in [-0.39, 0.29) is 6.03 Å². The van der Waals surface area contributed by atoms with Crippen LogP contribution in [0.15, 0.2) is 79.0 Å². The molecule has 0 atom stereocenters. The minimum Gasteiger partial charge on any atom is -0.369 e. The first kappa shape index (κ1) is 18.5. The van der Waals surface area contributed by atoms with Crippen molar-refractivity contribution in [2.24, 2.45) is 0 Å². The number of nitrogens with zero attached hydrogens (tertiary/aromatic N) is 2. The van der Waals surface area contributed by atoms with Gasteiger partial charge < -0.3 is 15.5 Å². The lowest BCUT2D eigenvalue weighted by Gasteiger charge is -2.23. The first-order valence-corrected chi connectivity index (χ1v) is 9.01. The second-order valence-electron chi connectivity index (χ2n) is 6.31. The monoisotopic (exact) mass is 360 g/mol. The highest BCUT2D eigenvalue weighted by Gasteiger charge is 2.10. The van der Waals surface area contributed by atoms with Crippen LogP contribution in [0, 0.1) is 0 Å². The number of hydrogen-bond acceptors (Lipinski definition) is 3. The Morgan fingerprint density at radius 2 is 1.70 bits per heavy atom. The SMILES string of the molecule is CN(Cc1ccccc1)c1ccccc1NC(=O)NCCc1ccccn1. The zero-order valence-electron chi connectivity index (χ0n) is 15.4. The Hall–Kier alpha value is -3.34. The summed E-state index contributed by atoms with van der Waals surface area (Å²) in [4.78, 5) is 18.7. The molecule has 2 amide bonds. The number of para-hydroxylation sites is 2. The first-order chi connectivity index (χ1) is 13.2. The van der Waals surface area contributed by atoms with Gasteiger partial charge in [-0.1, -0.05) is 48.5 Å². The number of anilines is 2. The summed E-state index contributed by atoms with van der Waals surface area (Å²) in [7, 11) is 2.02. The van der Waals surface area contributed by atoms with Gasteiger partial charge in [-0.3, -0.25) is 4.98 Å². The molecule has 2 N–H and O–H groups in total. The van der Waals surface area contributed by atoms with Gasteiger partial charge in [-0.05, 0) is 29.8 Å². The average molecular weight is 360 g/mol. The molecular weight excluding hydrogens is 336 g/mol. The normalized spacial score (nSPS) is 10.3. The number of amides is 2. The molecule has 0 aliphatic heterocycles. The van der Waals surface area contributed by atoms with E-state index in [4.69, 9.17) is 0 Å². The van der Waals surface area contributed by atoms with Gasteiger partial charge in [-0.2, -0.15) is 0 Å². The van der Waals surface area contributed by atoms with Crippen LogP contribution in [0.4, 0.5) is 16.2 Å². The third-order valence-electron chi connectivity index (χ3n) is 4.22. The molecule has 5 nitrogen and oxygen atoms in total. The fourth-order valence-corrected chi connectivity index (χ4v) is 2.87. The van der Waals surface area contributed by atoms with Crippen LogP contribution in [0.1, 0.15) is 11.3 Å². The van der Waals surface area contributed by atoms with Crippen LogP contribution >= 0.6 is 0 Å². The van der Waals surface area contributed by atoms with Crippen molar-refractivity contribution in [2.45, 2.75) is 13.0 Å². The van der Waals surface area contributed by atoms with Crippen molar-refractivity contribution in [3.8, 4) is 0 Å². The molecule has 0 saturated carbocycles. The molecular formula is C22H24N4O. The maximum Gasteiger partial charge on any atom is 0.319 e. The van der Waals surface area contributed by atoms with Gasteiger partial charge in [0.25, 0.3) is 0 Å². The molecule has 0 fully saturated rings. The summed E-state index contributed by atoms with van der Waals surface area (Å²) in [6.45, 7) is 1.30. The fraction of sp³-hybridized carbons (Fsp3) is 0.182. The van der Waals surface area contributed by atoms with Gasteiger partial charge in [-0.25, -0.2) is 4.79 Å². The first-order valence-electron chi connectivity index (χ1n) is 9.01. The van der Waals surface area contributed by atoms with Crippen LogP contribution in [0.2, 0.25) is 0 Å². The molecule has 0 aliphatic carbocycles. The molecule has 3 aromatic rings. The van der Waals surface area contributed by atoms with E-state index in [2.05, 4.69) is 32.7 Å². The summed E-state index contributed by atoms with van der Waals surface area (Å²) < 4.78 is 0. The lowest BCUT2D eigenvalue weighted by molar-refractivity contribution is 0.252. The minimum atomic E-state index is -0.216. The number of hydrogen-bond donors (Lipinski definition) is 2. The number of urea groups is 1. The Balaban J connectivity index is 1.57. The molecule has 3 rings (SSSR count). The van der Waals surface area contributed by atoms with E-state index in [1.165, 1.54) is 5.56 Å². The van der Waals surface area contributed by atoms with Crippen molar-refractivity contribution in [3.63, 3.8) is 0 Å². The Bertz CT molecular complexity index is 852. The van der Waals surface area contributed by atoms with E-state index in [1.807, 2.05) is 67.7 Å². The lowest BCUT2D eigenvalue weighted by atomic mass is 10.2. The largest absolute Gasteiger partial charge is 0.369 e. The number of carbonyl (C=O) groups is 1. The Kier molecular flexibility index (Phi) is 6.41. The smallest absolute Gasteiger partial charge is 0.319 e. The molecule has 0 bridgehead atoms. The Morgan fingerprint density at radius 3 is 2.48 bits per heavy atom. The van der Waals surface area contributed by atoms with Crippen molar-refractivity contribution >= 4 is 17.4 Å². The summed E-state index contributed by atoms with van der Waals surface area (Å²) in [6, 6.07) is 23.6. The fourth-order valence-electron chi connectivity index (χ4n) is 2.87. The van der Waals surface area contributed by atoms with Gasteiger partial charge in [0.05, 0.1) is 11.4 Å². The van der Waals surface area contributed by atoms with Crippen LogP contribution in [0.25, 0.3) is 0 Å². The van der Waals surface area contributed by atoms with Crippen LogP contribution in [0.3, 0.4) is 0 Å². The van der Waals surface area contributed by atoms with Crippen LogP contribution < -0.4 is 15.5 Å². The van der Waals surface area contributed by atoms with Crippen LogP contribution in [0.5, 0.6) is 0 Å². The highest BCUT2D eigenvalue weighted by atomic mass is 16.2. The van der Waals surface area contributed by atoms with E-state index < -0.39 is 0 Å². The van der Waals surface area contributed by atoms with Gasteiger partial charge in [0, 0.05) is 38.4 Å². The van der Waals surface area contributed by atoms with E-state index in [9.17, 15) is 4.79 Å². The summed E-state index contributed by atoms with van der Waals surface area (Å²) in [5.74, 6) is 0. The average Bonchev–Trinajstić information content (AvgIpc) is 2.70. The Morgan fingerprint density at radius 1 is 0.963 bits per heavy atom. The predicted molar refractivity (Wildman–Crippen MR) is 110 cm³/mol. The number of aromatic nitrogens is 1. The van der Waals surface area contributed by atoms with E-state index in [1.54, 1.807) is 6.20 Å². The highest BCUT2D eigenvalue weighted by Crippen LogP contribution is 2.25. The summed E-state index contributed by atoms with van der Waals surface area (Å²) >= 11 is 0. The Labute approximate surface area is 160 Å². The van der Waals surface area contributed by atoms with Crippen molar-refractivity contribution in [1.82, 2.24) is 10.3 Å². The lowest BCUT2D eigenvalue weighted by Crippen LogP contribution is -2.31. The number of pyridine rings is 1. The van der Waals surface area contributed by atoms with Crippen molar-refractivity contribution in [1.29, 1.82) is 0 Å². The third-order valence-corrected chi connectivity index (χ3v) is 4.22. The highest BCUT2D eigenvalue weighted by molar-refractivity contribution is 5.93. The standard InChI is InChI=1S/C22H24N4O/c1-26(17-18-9-3-2-4-10-18)21-13-6-5-12-20(21)25-22(27)24-16-14-19-11-7-8-15-23-19/h2-13,15H,14,16-17H2,1H3,(H2,24,25,27). The van der Waals surface area contributed by atoms with Gasteiger partial charge >= 0.3 is 6.03 Å². The topological polar surface area (TPSA) is 57.3 Å². The molecule has 0 aliphatic rings. The zero-order valence-corrected chi connectivity index (χ0v) is 15.4. The summed E-state index contributed by atoms with van der Waals surface area (Å²) in [5, 5.41) is 5.84. The number of rotatable bonds is 7. The van der Waals surface area contributed by atoms with Crippen LogP contribution in [-0.4, -0.2) is 24.6 Å². The molecule has 1 heterocycles. The molecule has 27 heavy (non-hydrogen) atoms. The van der Waals surface area contributed by atoms with E-state index >= 15 is 0 Å². The van der Waals surface area contributed by atoms with E-state index in [0.717, 1.165) is 23.6 Å². The summed E-state index contributed by atoms with van der Waals surface area (Å²) in [6.07, 6.45) is 2.46. The second-order valence-corrected chi connectivity index (χ2v) is 6.31. The van der Waals surface area contributed by atoms with Gasteiger partial charge in [-0.15, -0.1) is 0 Å². The minimum absolute atomic E-state index is 0.216. The molecule has 0 saturated heterocycles. The molecule has 2 aromatic carbocycles. The van der Waals surface area contributed by atoms with Gasteiger partial charge in [0.2, 0.25) is 0 Å². The van der Waals surface area contributed by atoms with Crippen molar-refractivity contribution in [3.05, 3.63) is 90.3 Å². The molecule has 138 valence electrons. The van der Waals surface area contributed by atoms with Gasteiger partial charge in [0.1, 0.15) is 0 Å². The van der Waals surface area contributed by atoms with Crippen LogP contribution in [-0.2, 0) is 13.0 Å². The number of benzene rings is 2. The van der Waals surface area contributed by atoms with E-state index in [0.29, 0.717) is 13.0 Å². The summed E-state index contributed by atoms with van der Waals surface area (Å²) in [5.41, 5.74) is 3.93. The molecule has 1 aromatic heterocycles. The zero-order chi connectivity index (χ0) is 18.9. The van der Waals surface area contributed by atoms with Gasteiger partial charge in [0.15, 0.2) is 0 Å². The molecule has 0 unspecified atom stereocenters. The number of nitrogens with one attached hydrogen (secondary N) is 2. The molecule has 0 spiro atoms. The van der Waals surface area contributed by atoms with Crippen molar-refractivity contribution in [2.75, 3.05) is 23.8 Å². The predicted octanol–water partition coefficient (Wildman–Crippen LogP) is 4.08. The number of carbonyl (C=O) groups excluding carboxylic acids is 1. The molecule has 5 heteroatoms. The van der Waals surface area contributed by atoms with Crippen molar-refractivity contribution < 1.29 is 4.79 Å². The molecule has 0 radical (unpaired) electrons. The third kappa shape index (κ3) is 5.57.